The number of carbonyl (C=O) groups excluding carboxylic acids is 2. The predicted octanol–water partition coefficient (Wildman–Crippen LogP) is 3.63. The van der Waals surface area contributed by atoms with Crippen LogP contribution in [0, 0.1) is 0 Å². The summed E-state index contributed by atoms with van der Waals surface area (Å²) in [5, 5.41) is 5.47. The van der Waals surface area contributed by atoms with Crippen LogP contribution in [0.1, 0.15) is 24.3 Å². The van der Waals surface area contributed by atoms with Crippen molar-refractivity contribution in [2.45, 2.75) is 13.8 Å². The first-order valence-corrected chi connectivity index (χ1v) is 12.8. The standard InChI is InChI=1S/C27H28N6O7/c1-3-38-22-21(25(34)39-4-2)31-23(32-24(22)33-11-13-37-14-12-33)16-5-7-17(8-6-16)28-26(35)29-18-9-10-20-19(15-18)30-27(36)40-20/h5-10,15H,3-4,11-14H2,1-2H3,(H,30,36)(H2,28,29,35). The lowest BCUT2D eigenvalue weighted by Gasteiger charge is -2.29. The average molecular weight is 549 g/mol. The molecule has 208 valence electrons. The fraction of sp³-hybridized carbons (Fsp3) is 0.296. The maximum absolute atomic E-state index is 12.8. The van der Waals surface area contributed by atoms with Crippen molar-refractivity contribution in [1.82, 2.24) is 15.0 Å². The molecular weight excluding hydrogens is 520 g/mol. The van der Waals surface area contributed by atoms with Crippen LogP contribution in [0.2, 0.25) is 0 Å². The van der Waals surface area contributed by atoms with Crippen LogP contribution in [-0.4, -0.2) is 66.5 Å². The molecule has 0 spiro atoms. The summed E-state index contributed by atoms with van der Waals surface area (Å²) in [5.41, 5.74) is 2.54. The molecule has 1 saturated heterocycles. The number of nitrogens with one attached hydrogen (secondary N) is 3. The van der Waals surface area contributed by atoms with E-state index in [1.807, 2.05) is 11.8 Å². The van der Waals surface area contributed by atoms with Crippen LogP contribution in [0.5, 0.6) is 5.75 Å². The monoisotopic (exact) mass is 548 g/mol. The molecule has 0 aliphatic carbocycles. The van der Waals surface area contributed by atoms with Crippen LogP contribution in [0.4, 0.5) is 22.0 Å². The Bertz CT molecular complexity index is 1570. The van der Waals surface area contributed by atoms with Crippen LogP contribution in [0.25, 0.3) is 22.5 Å². The number of oxazole rings is 1. The summed E-state index contributed by atoms with van der Waals surface area (Å²) in [6, 6.07) is 11.2. The molecule has 2 amide bonds. The molecule has 0 bridgehead atoms. The second-order valence-corrected chi connectivity index (χ2v) is 8.68. The Labute approximate surface area is 228 Å². The molecule has 0 saturated carbocycles. The molecule has 0 unspecified atom stereocenters. The number of ether oxygens (including phenoxy) is 3. The third-order valence-electron chi connectivity index (χ3n) is 5.99. The minimum absolute atomic E-state index is 0.0488. The number of anilines is 3. The molecule has 1 aliphatic rings. The van der Waals surface area contributed by atoms with Gasteiger partial charge >= 0.3 is 17.8 Å². The summed E-state index contributed by atoms with van der Waals surface area (Å²) >= 11 is 0. The topological polar surface area (TPSA) is 161 Å². The van der Waals surface area contributed by atoms with Gasteiger partial charge in [0.15, 0.2) is 28.7 Å². The van der Waals surface area contributed by atoms with Crippen LogP contribution in [-0.2, 0) is 9.47 Å². The Kier molecular flexibility index (Phi) is 7.92. The largest absolute Gasteiger partial charge is 0.488 e. The number of morpholine rings is 1. The van der Waals surface area contributed by atoms with E-state index >= 15 is 0 Å². The molecule has 3 N–H and O–H groups in total. The third kappa shape index (κ3) is 5.89. The molecule has 1 aliphatic heterocycles. The summed E-state index contributed by atoms with van der Waals surface area (Å²) in [6.07, 6.45) is 0. The van der Waals surface area contributed by atoms with Crippen molar-refractivity contribution in [3.05, 3.63) is 58.7 Å². The van der Waals surface area contributed by atoms with Crippen molar-refractivity contribution in [2.24, 2.45) is 0 Å². The van der Waals surface area contributed by atoms with E-state index in [0.29, 0.717) is 72.6 Å². The fourth-order valence-corrected chi connectivity index (χ4v) is 4.20. The molecule has 5 rings (SSSR count). The summed E-state index contributed by atoms with van der Waals surface area (Å²) < 4.78 is 21.5. The Balaban J connectivity index is 1.38. The average Bonchev–Trinajstić information content (AvgIpc) is 3.33. The van der Waals surface area contributed by atoms with Gasteiger partial charge < -0.3 is 34.2 Å². The summed E-state index contributed by atoms with van der Waals surface area (Å²) in [7, 11) is 0. The van der Waals surface area contributed by atoms with E-state index in [-0.39, 0.29) is 18.1 Å². The summed E-state index contributed by atoms with van der Waals surface area (Å²) in [4.78, 5) is 50.6. The minimum Gasteiger partial charge on any atom is -0.488 e. The number of aromatic amines is 1. The first-order valence-electron chi connectivity index (χ1n) is 12.8. The number of fused-ring (bicyclic) bond motifs is 1. The number of nitrogens with zero attached hydrogens (tertiary/aromatic N) is 3. The van der Waals surface area contributed by atoms with E-state index in [4.69, 9.17) is 23.6 Å². The molecule has 0 atom stereocenters. The lowest BCUT2D eigenvalue weighted by atomic mass is 10.1. The van der Waals surface area contributed by atoms with Crippen molar-refractivity contribution in [2.75, 3.05) is 55.1 Å². The lowest BCUT2D eigenvalue weighted by Crippen LogP contribution is -2.37. The fourth-order valence-electron chi connectivity index (χ4n) is 4.20. The molecule has 13 heteroatoms. The first-order chi connectivity index (χ1) is 19.4. The quantitative estimate of drug-likeness (QED) is 0.277. The SMILES string of the molecule is CCOC(=O)c1nc(-c2ccc(NC(=O)Nc3ccc4oc(=O)[nH]c4c3)cc2)nc(N2CCOCC2)c1OCC. The van der Waals surface area contributed by atoms with Gasteiger partial charge in [-0.05, 0) is 56.3 Å². The number of esters is 1. The predicted molar refractivity (Wildman–Crippen MR) is 147 cm³/mol. The van der Waals surface area contributed by atoms with E-state index in [0.717, 1.165) is 0 Å². The number of aromatic nitrogens is 3. The van der Waals surface area contributed by atoms with E-state index in [1.165, 1.54) is 0 Å². The van der Waals surface area contributed by atoms with Gasteiger partial charge in [0, 0.05) is 30.0 Å². The van der Waals surface area contributed by atoms with E-state index in [9.17, 15) is 14.4 Å². The van der Waals surface area contributed by atoms with Gasteiger partial charge in [-0.15, -0.1) is 0 Å². The van der Waals surface area contributed by atoms with E-state index in [2.05, 4.69) is 20.6 Å². The zero-order valence-corrected chi connectivity index (χ0v) is 22.0. The second kappa shape index (κ2) is 11.9. The zero-order valence-electron chi connectivity index (χ0n) is 22.0. The van der Waals surface area contributed by atoms with E-state index < -0.39 is 17.8 Å². The molecule has 1 fully saturated rings. The van der Waals surface area contributed by atoms with Gasteiger partial charge in [-0.25, -0.2) is 24.4 Å². The highest BCUT2D eigenvalue weighted by atomic mass is 16.5. The number of amides is 2. The van der Waals surface area contributed by atoms with E-state index in [1.54, 1.807) is 49.4 Å². The highest BCUT2D eigenvalue weighted by molar-refractivity contribution is 6.00. The highest BCUT2D eigenvalue weighted by Crippen LogP contribution is 2.33. The van der Waals surface area contributed by atoms with Crippen LogP contribution < -0.4 is 26.0 Å². The molecule has 2 aromatic heterocycles. The van der Waals surface area contributed by atoms with Crippen molar-refractivity contribution >= 4 is 40.3 Å². The number of hydrogen-bond donors (Lipinski definition) is 3. The normalized spacial score (nSPS) is 13.2. The molecule has 2 aromatic carbocycles. The van der Waals surface area contributed by atoms with Gasteiger partial charge in [-0.2, -0.15) is 0 Å². The van der Waals surface area contributed by atoms with Crippen LogP contribution in [0.15, 0.2) is 51.7 Å². The third-order valence-corrected chi connectivity index (χ3v) is 5.99. The molecule has 4 aromatic rings. The van der Waals surface area contributed by atoms with Gasteiger partial charge in [0.25, 0.3) is 0 Å². The molecule has 13 nitrogen and oxygen atoms in total. The number of urea groups is 1. The van der Waals surface area contributed by atoms with Crippen LogP contribution >= 0.6 is 0 Å². The zero-order chi connectivity index (χ0) is 28.1. The highest BCUT2D eigenvalue weighted by Gasteiger charge is 2.27. The smallest absolute Gasteiger partial charge is 0.417 e. The number of rotatable bonds is 8. The first kappa shape index (κ1) is 26.7. The van der Waals surface area contributed by atoms with Crippen molar-refractivity contribution in [3.63, 3.8) is 0 Å². The number of carbonyl (C=O) groups is 2. The Morgan fingerprint density at radius 2 is 1.73 bits per heavy atom. The molecule has 3 heterocycles. The maximum Gasteiger partial charge on any atom is 0.417 e. The Morgan fingerprint density at radius 1 is 1.00 bits per heavy atom. The number of H-pyrrole nitrogens is 1. The number of hydrogen-bond acceptors (Lipinski definition) is 10. The second-order valence-electron chi connectivity index (χ2n) is 8.68. The molecule has 0 radical (unpaired) electrons. The maximum atomic E-state index is 12.8. The minimum atomic E-state index is -0.600. The van der Waals surface area contributed by atoms with Gasteiger partial charge in [-0.1, -0.05) is 0 Å². The van der Waals surface area contributed by atoms with Crippen molar-refractivity contribution in [3.8, 4) is 17.1 Å². The van der Waals surface area contributed by atoms with Gasteiger partial charge in [-0.3, -0.25) is 4.98 Å². The molecular formula is C27H28N6O7. The lowest BCUT2D eigenvalue weighted by molar-refractivity contribution is 0.0514. The van der Waals surface area contributed by atoms with Gasteiger partial charge in [0.2, 0.25) is 0 Å². The summed E-state index contributed by atoms with van der Waals surface area (Å²) in [5.74, 6) is -0.0854. The number of benzene rings is 2. The van der Waals surface area contributed by atoms with Crippen LogP contribution in [0.3, 0.4) is 0 Å². The Hall–Kier alpha value is -4.91. The van der Waals surface area contributed by atoms with Crippen molar-refractivity contribution in [1.29, 1.82) is 0 Å². The molecule has 40 heavy (non-hydrogen) atoms. The van der Waals surface area contributed by atoms with Gasteiger partial charge in [0.05, 0.1) is 31.9 Å². The van der Waals surface area contributed by atoms with Gasteiger partial charge in [0.1, 0.15) is 0 Å². The summed E-state index contributed by atoms with van der Waals surface area (Å²) in [6.45, 7) is 6.27. The van der Waals surface area contributed by atoms with Crippen molar-refractivity contribution < 1.29 is 28.2 Å². The Morgan fingerprint density at radius 3 is 2.45 bits per heavy atom.